The number of benzene rings is 2. The van der Waals surface area contributed by atoms with Gasteiger partial charge in [-0.25, -0.2) is 0 Å². The molecule has 154 valence electrons. The summed E-state index contributed by atoms with van der Waals surface area (Å²) in [5.74, 6) is -0.983. The number of alkyl halides is 3. The maximum absolute atomic E-state index is 13.1. The molecule has 1 heterocycles. The second-order valence-corrected chi connectivity index (χ2v) is 7.53. The van der Waals surface area contributed by atoms with E-state index in [2.05, 4.69) is 5.32 Å². The van der Waals surface area contributed by atoms with Crippen LogP contribution in [0.25, 0.3) is 0 Å². The van der Waals surface area contributed by atoms with Crippen molar-refractivity contribution >= 4 is 35.0 Å². The van der Waals surface area contributed by atoms with Crippen molar-refractivity contribution in [2.24, 2.45) is 0 Å². The molecular weight excluding hydrogens is 428 g/mol. The Labute approximate surface area is 175 Å². The molecule has 1 N–H and O–H groups in total. The number of hydrogen-bond donors (Lipinski definition) is 1. The Bertz CT molecular complexity index is 926. The van der Waals surface area contributed by atoms with Gasteiger partial charge in [-0.3, -0.25) is 9.59 Å². The molecule has 1 aliphatic heterocycles. The molecule has 29 heavy (non-hydrogen) atoms. The maximum atomic E-state index is 13.1. The fraction of sp³-hybridized carbons (Fsp3) is 0.300. The van der Waals surface area contributed by atoms with E-state index in [0.29, 0.717) is 36.5 Å². The Balaban J connectivity index is 1.61. The first-order valence-electron chi connectivity index (χ1n) is 8.88. The van der Waals surface area contributed by atoms with Crippen LogP contribution in [0.1, 0.15) is 39.1 Å². The second-order valence-electron chi connectivity index (χ2n) is 6.71. The third-order valence-corrected chi connectivity index (χ3v) is 5.50. The first-order chi connectivity index (χ1) is 13.7. The van der Waals surface area contributed by atoms with Gasteiger partial charge >= 0.3 is 6.18 Å². The fourth-order valence-electron chi connectivity index (χ4n) is 3.23. The minimum Gasteiger partial charge on any atom is -0.349 e. The van der Waals surface area contributed by atoms with E-state index in [4.69, 9.17) is 23.2 Å². The number of likely N-dealkylation sites (tertiary alicyclic amines) is 1. The van der Waals surface area contributed by atoms with E-state index in [1.165, 1.54) is 18.2 Å². The van der Waals surface area contributed by atoms with Crippen molar-refractivity contribution < 1.29 is 22.8 Å². The van der Waals surface area contributed by atoms with Gasteiger partial charge in [0, 0.05) is 24.7 Å². The highest BCUT2D eigenvalue weighted by Crippen LogP contribution is 2.32. The lowest BCUT2D eigenvalue weighted by molar-refractivity contribution is -0.137. The molecule has 0 bridgehead atoms. The third-order valence-electron chi connectivity index (χ3n) is 4.76. The smallest absolute Gasteiger partial charge is 0.349 e. The zero-order chi connectivity index (χ0) is 21.2. The number of piperidine rings is 1. The Morgan fingerprint density at radius 2 is 1.66 bits per heavy atom. The van der Waals surface area contributed by atoms with Crippen LogP contribution in [0.5, 0.6) is 0 Å². The number of nitrogens with one attached hydrogen (secondary N) is 1. The monoisotopic (exact) mass is 444 g/mol. The van der Waals surface area contributed by atoms with Gasteiger partial charge < -0.3 is 10.2 Å². The van der Waals surface area contributed by atoms with Crippen LogP contribution in [0.2, 0.25) is 10.0 Å². The van der Waals surface area contributed by atoms with Gasteiger partial charge in [-0.1, -0.05) is 35.3 Å². The highest BCUT2D eigenvalue weighted by atomic mass is 35.5. The summed E-state index contributed by atoms with van der Waals surface area (Å²) in [7, 11) is 0. The maximum Gasteiger partial charge on any atom is 0.417 e. The number of hydrogen-bond acceptors (Lipinski definition) is 2. The molecule has 1 saturated heterocycles. The second kappa shape index (κ2) is 8.63. The average molecular weight is 445 g/mol. The first kappa shape index (κ1) is 21.5. The molecule has 0 spiro atoms. The van der Waals surface area contributed by atoms with Crippen molar-refractivity contribution in [3.05, 3.63) is 69.2 Å². The Hall–Kier alpha value is -2.25. The molecule has 0 unspecified atom stereocenters. The molecule has 2 amide bonds. The molecule has 1 fully saturated rings. The van der Waals surface area contributed by atoms with Crippen molar-refractivity contribution in [1.29, 1.82) is 0 Å². The highest BCUT2D eigenvalue weighted by molar-refractivity contribution is 6.42. The summed E-state index contributed by atoms with van der Waals surface area (Å²) in [4.78, 5) is 26.6. The highest BCUT2D eigenvalue weighted by Gasteiger charge is 2.35. The van der Waals surface area contributed by atoms with Crippen LogP contribution >= 0.6 is 23.2 Å². The zero-order valence-electron chi connectivity index (χ0n) is 15.1. The summed E-state index contributed by atoms with van der Waals surface area (Å²) >= 11 is 11.8. The number of nitrogens with zero attached hydrogens (tertiary/aromatic N) is 1. The molecule has 1 aliphatic rings. The van der Waals surface area contributed by atoms with Crippen molar-refractivity contribution in [1.82, 2.24) is 10.2 Å². The number of amides is 2. The van der Waals surface area contributed by atoms with Crippen molar-refractivity contribution in [3.63, 3.8) is 0 Å². The van der Waals surface area contributed by atoms with Crippen LogP contribution in [-0.2, 0) is 6.18 Å². The molecule has 2 aromatic carbocycles. The number of halogens is 5. The van der Waals surface area contributed by atoms with Crippen molar-refractivity contribution in [2.45, 2.75) is 25.1 Å². The molecular formula is C20H17Cl2F3N2O2. The van der Waals surface area contributed by atoms with Crippen LogP contribution < -0.4 is 5.32 Å². The molecule has 0 aliphatic carbocycles. The van der Waals surface area contributed by atoms with Crippen molar-refractivity contribution in [2.75, 3.05) is 13.1 Å². The van der Waals surface area contributed by atoms with Crippen LogP contribution in [0, 0.1) is 0 Å². The van der Waals surface area contributed by atoms with Gasteiger partial charge in [0.15, 0.2) is 0 Å². The Kier molecular flexibility index (Phi) is 6.39. The predicted molar refractivity (Wildman–Crippen MR) is 104 cm³/mol. The van der Waals surface area contributed by atoms with E-state index in [1.807, 2.05) is 0 Å². The molecule has 0 radical (unpaired) electrons. The van der Waals surface area contributed by atoms with Gasteiger partial charge in [-0.2, -0.15) is 13.2 Å². The summed E-state index contributed by atoms with van der Waals surface area (Å²) in [6, 6.07) is 8.97. The lowest BCUT2D eigenvalue weighted by Gasteiger charge is -2.32. The topological polar surface area (TPSA) is 49.4 Å². The summed E-state index contributed by atoms with van der Waals surface area (Å²) in [6.07, 6.45) is -3.73. The Morgan fingerprint density at radius 3 is 2.28 bits per heavy atom. The van der Waals surface area contributed by atoms with E-state index in [0.717, 1.165) is 12.1 Å². The first-order valence-corrected chi connectivity index (χ1v) is 9.64. The van der Waals surface area contributed by atoms with E-state index < -0.39 is 23.2 Å². The molecule has 9 heteroatoms. The molecule has 0 atom stereocenters. The van der Waals surface area contributed by atoms with Gasteiger partial charge in [0.2, 0.25) is 0 Å². The van der Waals surface area contributed by atoms with Crippen LogP contribution in [0.15, 0.2) is 42.5 Å². The quantitative estimate of drug-likeness (QED) is 0.720. The number of carbonyl (C=O) groups is 2. The molecule has 4 nitrogen and oxygen atoms in total. The SMILES string of the molecule is O=C(NC1CCN(C(=O)c2ccc(Cl)c(Cl)c2)CC1)c1ccccc1C(F)(F)F. The summed E-state index contributed by atoms with van der Waals surface area (Å²) in [5.41, 5.74) is -0.972. The number of carbonyl (C=O) groups excluding carboxylic acids is 2. The van der Waals surface area contributed by atoms with Gasteiger partial charge in [0.25, 0.3) is 11.8 Å². The van der Waals surface area contributed by atoms with Gasteiger partial charge in [-0.15, -0.1) is 0 Å². The third kappa shape index (κ3) is 5.03. The minimum absolute atomic E-state index is 0.212. The van der Waals surface area contributed by atoms with E-state index in [9.17, 15) is 22.8 Å². The van der Waals surface area contributed by atoms with Crippen LogP contribution in [0.4, 0.5) is 13.2 Å². The van der Waals surface area contributed by atoms with Gasteiger partial charge in [-0.05, 0) is 43.2 Å². The normalized spacial score (nSPS) is 15.3. The lowest BCUT2D eigenvalue weighted by Crippen LogP contribution is -2.46. The predicted octanol–water partition coefficient (Wildman–Crippen LogP) is 5.05. The minimum atomic E-state index is -4.61. The van der Waals surface area contributed by atoms with Crippen molar-refractivity contribution in [3.8, 4) is 0 Å². The van der Waals surface area contributed by atoms with E-state index in [-0.39, 0.29) is 17.0 Å². The van der Waals surface area contributed by atoms with E-state index >= 15 is 0 Å². The van der Waals surface area contributed by atoms with Gasteiger partial charge in [0.05, 0.1) is 21.2 Å². The van der Waals surface area contributed by atoms with Gasteiger partial charge in [0.1, 0.15) is 0 Å². The summed E-state index contributed by atoms with van der Waals surface area (Å²) in [6.45, 7) is 0.732. The van der Waals surface area contributed by atoms with E-state index in [1.54, 1.807) is 17.0 Å². The average Bonchev–Trinajstić information content (AvgIpc) is 2.69. The standard InChI is InChI=1S/C20H17Cl2F3N2O2/c21-16-6-5-12(11-17(16)22)19(29)27-9-7-13(8-10-27)26-18(28)14-3-1-2-4-15(14)20(23,24)25/h1-6,11,13H,7-10H2,(H,26,28). The zero-order valence-corrected chi connectivity index (χ0v) is 16.6. The molecule has 3 rings (SSSR count). The largest absolute Gasteiger partial charge is 0.417 e. The number of rotatable bonds is 3. The lowest BCUT2D eigenvalue weighted by atomic mass is 10.0. The summed E-state index contributed by atoms with van der Waals surface area (Å²) in [5, 5.41) is 3.28. The fourth-order valence-corrected chi connectivity index (χ4v) is 3.53. The molecule has 0 saturated carbocycles. The molecule has 2 aromatic rings. The summed E-state index contributed by atoms with van der Waals surface area (Å²) < 4.78 is 39.3. The van der Waals surface area contributed by atoms with Crippen LogP contribution in [-0.4, -0.2) is 35.8 Å². The Morgan fingerprint density at radius 1 is 1.00 bits per heavy atom. The molecule has 0 aromatic heterocycles. The van der Waals surface area contributed by atoms with Crippen LogP contribution in [0.3, 0.4) is 0 Å².